The topological polar surface area (TPSA) is 103 Å². The van der Waals surface area contributed by atoms with Gasteiger partial charge in [-0.15, -0.1) is 0 Å². The minimum Gasteiger partial charge on any atom is -0.489 e. The number of nitrogens with zero attached hydrogens (tertiary/aromatic N) is 1. The highest BCUT2D eigenvalue weighted by Crippen LogP contribution is 2.38. The van der Waals surface area contributed by atoms with Gasteiger partial charge in [-0.1, -0.05) is 41.9 Å². The summed E-state index contributed by atoms with van der Waals surface area (Å²) in [5.74, 6) is -0.609. The van der Waals surface area contributed by atoms with Crippen LogP contribution in [0.2, 0.25) is 5.02 Å². The first-order valence-electron chi connectivity index (χ1n) is 11.1. The molecule has 1 atom stereocenters. The average molecular weight is 477 g/mol. The lowest BCUT2D eigenvalue weighted by Gasteiger charge is -2.21. The van der Waals surface area contributed by atoms with Crippen molar-refractivity contribution < 1.29 is 19.7 Å². The van der Waals surface area contributed by atoms with Gasteiger partial charge in [0.25, 0.3) is 0 Å². The Labute approximate surface area is 203 Å². The van der Waals surface area contributed by atoms with Crippen LogP contribution in [0.3, 0.4) is 0 Å². The first-order valence-corrected chi connectivity index (χ1v) is 11.4. The number of carboxylic acid groups (broad SMARTS) is 1. The molecule has 0 bridgehead atoms. The van der Waals surface area contributed by atoms with Crippen molar-refractivity contribution in [3.63, 3.8) is 0 Å². The largest absolute Gasteiger partial charge is 0.489 e. The van der Waals surface area contributed by atoms with Crippen molar-refractivity contribution >= 4 is 17.6 Å². The zero-order chi connectivity index (χ0) is 24.1. The molecular weight excluding hydrogens is 452 g/mol. The van der Waals surface area contributed by atoms with Crippen LogP contribution < -0.4 is 10.1 Å². The van der Waals surface area contributed by atoms with Crippen LogP contribution in [0.25, 0.3) is 11.1 Å². The van der Waals surface area contributed by atoms with Crippen LogP contribution in [0.5, 0.6) is 5.75 Å². The number of ether oxygens (including phenoxy) is 1. The summed E-state index contributed by atoms with van der Waals surface area (Å²) in [5.41, 5.74) is 3.36. The van der Waals surface area contributed by atoms with Crippen LogP contribution in [0, 0.1) is 11.3 Å². The molecule has 174 valence electrons. The molecule has 1 saturated carbocycles. The predicted molar refractivity (Wildman–Crippen MR) is 130 cm³/mol. The minimum absolute atomic E-state index is 0.00530. The van der Waals surface area contributed by atoms with Crippen molar-refractivity contribution in [1.82, 2.24) is 5.32 Å². The third-order valence-corrected chi connectivity index (χ3v) is 6.27. The number of benzene rings is 3. The summed E-state index contributed by atoms with van der Waals surface area (Å²) in [4.78, 5) is 11.1. The van der Waals surface area contributed by atoms with Crippen LogP contribution in [0.1, 0.15) is 34.3 Å². The molecule has 0 aliphatic heterocycles. The van der Waals surface area contributed by atoms with E-state index < -0.39 is 12.1 Å². The molecule has 3 aromatic rings. The molecule has 1 aliphatic rings. The average Bonchev–Trinajstić information content (AvgIpc) is 3.62. The maximum Gasteiger partial charge on any atom is 0.335 e. The number of nitrogens with one attached hydrogen (secondary N) is 1. The van der Waals surface area contributed by atoms with Crippen molar-refractivity contribution in [2.24, 2.45) is 0 Å². The third kappa shape index (κ3) is 5.95. The Morgan fingerprint density at radius 3 is 2.38 bits per heavy atom. The van der Waals surface area contributed by atoms with E-state index in [0.717, 1.165) is 30.4 Å². The Morgan fingerprint density at radius 1 is 1.09 bits per heavy atom. The zero-order valence-corrected chi connectivity index (χ0v) is 19.3. The number of carboxylic acids is 1. The van der Waals surface area contributed by atoms with E-state index in [1.807, 2.05) is 24.3 Å². The Bertz CT molecular complexity index is 1200. The van der Waals surface area contributed by atoms with E-state index in [1.54, 1.807) is 30.3 Å². The van der Waals surface area contributed by atoms with Gasteiger partial charge in [-0.2, -0.15) is 5.26 Å². The van der Waals surface area contributed by atoms with Crippen LogP contribution in [-0.2, 0) is 6.42 Å². The molecular formula is C27H25ClN2O4. The third-order valence-electron chi connectivity index (χ3n) is 6.02. The lowest BCUT2D eigenvalue weighted by Crippen LogP contribution is -2.40. The van der Waals surface area contributed by atoms with E-state index >= 15 is 0 Å². The molecule has 4 rings (SSSR count). The van der Waals surface area contributed by atoms with Gasteiger partial charge >= 0.3 is 5.97 Å². The first kappa shape index (κ1) is 23.8. The first-order chi connectivity index (χ1) is 16.4. The summed E-state index contributed by atoms with van der Waals surface area (Å²) >= 11 is 5.97. The highest BCUT2D eigenvalue weighted by molar-refractivity contribution is 6.30. The molecule has 7 heteroatoms. The van der Waals surface area contributed by atoms with Crippen molar-refractivity contribution in [2.45, 2.75) is 30.9 Å². The highest BCUT2D eigenvalue weighted by Gasteiger charge is 2.42. The molecule has 1 unspecified atom stereocenters. The van der Waals surface area contributed by atoms with Crippen LogP contribution in [0.15, 0.2) is 66.7 Å². The molecule has 34 heavy (non-hydrogen) atoms. The second-order valence-corrected chi connectivity index (χ2v) is 9.07. The fourth-order valence-electron chi connectivity index (χ4n) is 3.86. The fraction of sp³-hybridized carbons (Fsp3) is 0.259. The summed E-state index contributed by atoms with van der Waals surface area (Å²) in [6.45, 7) is 0.423. The lowest BCUT2D eigenvalue weighted by atomic mass is 10.0. The number of aromatic carboxylic acids is 1. The molecule has 1 aliphatic carbocycles. The van der Waals surface area contributed by atoms with Gasteiger partial charge in [0.2, 0.25) is 0 Å². The molecule has 3 aromatic carbocycles. The second-order valence-electron chi connectivity index (χ2n) is 8.63. The molecule has 0 spiro atoms. The smallest absolute Gasteiger partial charge is 0.335 e. The maximum atomic E-state index is 11.1. The predicted octanol–water partition coefficient (Wildman–Crippen LogP) is 4.68. The number of hydrogen-bond donors (Lipinski definition) is 3. The Kier molecular flexibility index (Phi) is 7.18. The van der Waals surface area contributed by atoms with Crippen molar-refractivity contribution in [1.29, 1.82) is 5.26 Å². The molecule has 1 fully saturated rings. The van der Waals surface area contributed by atoms with Gasteiger partial charge in [-0.05, 0) is 72.4 Å². The normalized spacial score (nSPS) is 14.7. The molecule has 0 radical (unpaired) electrons. The molecule has 0 heterocycles. The summed E-state index contributed by atoms with van der Waals surface area (Å²) in [6, 6.07) is 21.6. The van der Waals surface area contributed by atoms with Gasteiger partial charge in [0.1, 0.15) is 24.5 Å². The zero-order valence-electron chi connectivity index (χ0n) is 18.5. The van der Waals surface area contributed by atoms with Crippen molar-refractivity contribution in [3.8, 4) is 22.9 Å². The Balaban J connectivity index is 1.35. The quantitative estimate of drug-likeness (QED) is 0.392. The van der Waals surface area contributed by atoms with E-state index in [-0.39, 0.29) is 17.7 Å². The number of rotatable bonds is 10. The molecule has 0 aromatic heterocycles. The number of hydrogen-bond acceptors (Lipinski definition) is 5. The summed E-state index contributed by atoms with van der Waals surface area (Å²) < 4.78 is 5.81. The molecule has 3 N–H and O–H groups in total. The van der Waals surface area contributed by atoms with Crippen LogP contribution in [-0.4, -0.2) is 41.0 Å². The van der Waals surface area contributed by atoms with Crippen LogP contribution in [0.4, 0.5) is 0 Å². The molecule has 6 nitrogen and oxygen atoms in total. The molecule has 0 amide bonds. The number of nitriles is 1. The van der Waals surface area contributed by atoms with Crippen LogP contribution >= 0.6 is 11.6 Å². The second kappa shape index (κ2) is 10.3. The summed E-state index contributed by atoms with van der Waals surface area (Å²) in [5, 5.41) is 33.2. The number of halogens is 1. The van der Waals surface area contributed by atoms with Crippen molar-refractivity contribution in [2.75, 3.05) is 13.2 Å². The van der Waals surface area contributed by atoms with Gasteiger partial charge in [0.15, 0.2) is 0 Å². The minimum atomic E-state index is -0.987. The summed E-state index contributed by atoms with van der Waals surface area (Å²) in [6.07, 6.45) is 2.22. The van der Waals surface area contributed by atoms with E-state index in [4.69, 9.17) is 21.4 Å². The highest BCUT2D eigenvalue weighted by atomic mass is 35.5. The van der Waals surface area contributed by atoms with E-state index in [1.165, 1.54) is 17.7 Å². The van der Waals surface area contributed by atoms with Gasteiger partial charge < -0.3 is 20.3 Å². The lowest BCUT2D eigenvalue weighted by molar-refractivity contribution is 0.0697. The maximum absolute atomic E-state index is 11.1. The Hall–Kier alpha value is -3.37. The summed E-state index contributed by atoms with van der Waals surface area (Å²) in [7, 11) is 0. The Morgan fingerprint density at radius 2 is 1.76 bits per heavy atom. The number of carbonyl (C=O) groups is 1. The number of β-amino-alcohol motifs (C(OH)–C–C–N with tert-alkyl or cyclic N) is 1. The van der Waals surface area contributed by atoms with E-state index in [0.29, 0.717) is 22.9 Å². The van der Waals surface area contributed by atoms with E-state index in [2.05, 4.69) is 11.4 Å². The fourth-order valence-corrected chi connectivity index (χ4v) is 3.98. The standard InChI is InChI=1S/C27H25ClN2O4/c28-23-9-1-18(2-10-23)14-27(11-12-27)30-16-24(31)17-34-25-13-21(7-8-22(25)15-29)19-3-5-20(6-4-19)26(32)33/h1-10,13,24,30-31H,11-12,14,16-17H2,(H,32,33). The molecule has 0 saturated heterocycles. The monoisotopic (exact) mass is 476 g/mol. The van der Waals surface area contributed by atoms with Crippen molar-refractivity contribution in [3.05, 3.63) is 88.4 Å². The van der Waals surface area contributed by atoms with Gasteiger partial charge in [0.05, 0.1) is 11.1 Å². The number of aliphatic hydroxyl groups excluding tert-OH is 1. The van der Waals surface area contributed by atoms with Gasteiger partial charge in [0, 0.05) is 17.1 Å². The van der Waals surface area contributed by atoms with Gasteiger partial charge in [-0.25, -0.2) is 4.79 Å². The SMILES string of the molecule is N#Cc1ccc(-c2ccc(C(=O)O)cc2)cc1OCC(O)CNC1(Cc2ccc(Cl)cc2)CC1. The van der Waals surface area contributed by atoms with E-state index in [9.17, 15) is 15.2 Å². The van der Waals surface area contributed by atoms with Gasteiger partial charge in [-0.3, -0.25) is 0 Å². The number of aliphatic hydroxyl groups is 1.